The Morgan fingerprint density at radius 1 is 1.14 bits per heavy atom. The van der Waals surface area contributed by atoms with Crippen molar-refractivity contribution >= 4 is 5.69 Å². The number of nitrogens with zero attached hydrogens (tertiary/aromatic N) is 3. The van der Waals surface area contributed by atoms with Crippen LogP contribution in [0.4, 0.5) is 5.69 Å². The van der Waals surface area contributed by atoms with E-state index in [-0.39, 0.29) is 6.61 Å². The molecule has 3 rings (SSSR count). The van der Waals surface area contributed by atoms with E-state index in [1.165, 1.54) is 32.1 Å². The van der Waals surface area contributed by atoms with Gasteiger partial charge in [0.15, 0.2) is 5.82 Å². The lowest BCUT2D eigenvalue weighted by atomic mass is 9.95. The molecule has 1 fully saturated rings. The maximum absolute atomic E-state index is 8.83. The quantitative estimate of drug-likeness (QED) is 0.887. The smallest absolute Gasteiger partial charge is 0.164 e. The summed E-state index contributed by atoms with van der Waals surface area (Å²) in [5, 5.41) is 20.4. The van der Waals surface area contributed by atoms with Crippen molar-refractivity contribution in [2.45, 2.75) is 38.1 Å². The summed E-state index contributed by atoms with van der Waals surface area (Å²) in [6, 6.07) is 8.69. The van der Waals surface area contributed by atoms with Crippen molar-refractivity contribution in [3.8, 4) is 11.4 Å². The molecule has 1 heterocycles. The minimum Gasteiger partial charge on any atom is -0.395 e. The standard InChI is InChI=1S/C16H22N4O/c21-11-10-17-14-8-6-13(7-9-14)16-19-18-12-20(16)15-4-2-1-3-5-15/h6-9,12,15,17,21H,1-5,10-11H2. The van der Waals surface area contributed by atoms with Crippen LogP contribution in [0, 0.1) is 0 Å². The summed E-state index contributed by atoms with van der Waals surface area (Å²) in [5.74, 6) is 0.954. The molecule has 0 aliphatic heterocycles. The predicted molar refractivity (Wildman–Crippen MR) is 83.2 cm³/mol. The van der Waals surface area contributed by atoms with Gasteiger partial charge in [0.1, 0.15) is 6.33 Å². The molecule has 2 aromatic rings. The van der Waals surface area contributed by atoms with Gasteiger partial charge in [0.2, 0.25) is 0 Å². The van der Waals surface area contributed by atoms with Crippen molar-refractivity contribution in [1.82, 2.24) is 14.8 Å². The fraction of sp³-hybridized carbons (Fsp3) is 0.500. The first-order chi connectivity index (χ1) is 10.4. The van der Waals surface area contributed by atoms with Crippen LogP contribution in [0.5, 0.6) is 0 Å². The van der Waals surface area contributed by atoms with Gasteiger partial charge < -0.3 is 15.0 Å². The van der Waals surface area contributed by atoms with E-state index in [2.05, 4.69) is 32.2 Å². The number of anilines is 1. The van der Waals surface area contributed by atoms with Crippen molar-refractivity contribution in [3.63, 3.8) is 0 Å². The van der Waals surface area contributed by atoms with Crippen LogP contribution >= 0.6 is 0 Å². The third-order valence-electron chi connectivity index (χ3n) is 4.13. The lowest BCUT2D eigenvalue weighted by molar-refractivity contribution is 0.311. The van der Waals surface area contributed by atoms with E-state index in [9.17, 15) is 0 Å². The third kappa shape index (κ3) is 3.24. The zero-order valence-electron chi connectivity index (χ0n) is 12.2. The Kier molecular flexibility index (Phi) is 4.50. The molecule has 1 aromatic heterocycles. The van der Waals surface area contributed by atoms with E-state index < -0.39 is 0 Å². The van der Waals surface area contributed by atoms with Crippen molar-refractivity contribution < 1.29 is 5.11 Å². The monoisotopic (exact) mass is 286 g/mol. The molecule has 5 heteroatoms. The summed E-state index contributed by atoms with van der Waals surface area (Å²) in [6.45, 7) is 0.704. The fourth-order valence-electron chi connectivity index (χ4n) is 3.01. The highest BCUT2D eigenvalue weighted by Gasteiger charge is 2.19. The van der Waals surface area contributed by atoms with Crippen molar-refractivity contribution in [2.75, 3.05) is 18.5 Å². The van der Waals surface area contributed by atoms with E-state index in [1.807, 2.05) is 18.5 Å². The zero-order valence-corrected chi connectivity index (χ0v) is 12.2. The van der Waals surface area contributed by atoms with Crippen LogP contribution in [0.1, 0.15) is 38.1 Å². The van der Waals surface area contributed by atoms with E-state index >= 15 is 0 Å². The second-order valence-electron chi connectivity index (χ2n) is 5.58. The number of aromatic nitrogens is 3. The molecule has 1 aliphatic rings. The van der Waals surface area contributed by atoms with E-state index in [4.69, 9.17) is 5.11 Å². The third-order valence-corrected chi connectivity index (χ3v) is 4.13. The predicted octanol–water partition coefficient (Wildman–Crippen LogP) is 2.85. The summed E-state index contributed by atoms with van der Waals surface area (Å²) < 4.78 is 2.23. The second kappa shape index (κ2) is 6.72. The number of benzene rings is 1. The molecule has 0 amide bonds. The Labute approximate surface area is 125 Å². The Bertz CT molecular complexity index is 558. The lowest BCUT2D eigenvalue weighted by Gasteiger charge is -2.24. The first-order valence-electron chi connectivity index (χ1n) is 7.73. The molecular formula is C16H22N4O. The highest BCUT2D eigenvalue weighted by atomic mass is 16.3. The van der Waals surface area contributed by atoms with Gasteiger partial charge in [-0.3, -0.25) is 0 Å². The summed E-state index contributed by atoms with van der Waals surface area (Å²) >= 11 is 0. The summed E-state index contributed by atoms with van der Waals surface area (Å²) in [6.07, 6.45) is 8.25. The van der Waals surface area contributed by atoms with Crippen molar-refractivity contribution in [3.05, 3.63) is 30.6 Å². The van der Waals surface area contributed by atoms with Crippen LogP contribution in [-0.4, -0.2) is 33.0 Å². The van der Waals surface area contributed by atoms with Gasteiger partial charge in [-0.05, 0) is 37.1 Å². The van der Waals surface area contributed by atoms with Crippen LogP contribution in [0.3, 0.4) is 0 Å². The number of aliphatic hydroxyl groups is 1. The number of hydrogen-bond acceptors (Lipinski definition) is 4. The Balaban J connectivity index is 1.78. The van der Waals surface area contributed by atoms with Gasteiger partial charge in [0.25, 0.3) is 0 Å². The first kappa shape index (κ1) is 14.1. The molecule has 0 spiro atoms. The largest absolute Gasteiger partial charge is 0.395 e. The maximum atomic E-state index is 8.83. The van der Waals surface area contributed by atoms with Gasteiger partial charge in [-0.1, -0.05) is 19.3 Å². The Morgan fingerprint density at radius 3 is 2.62 bits per heavy atom. The number of nitrogens with one attached hydrogen (secondary N) is 1. The molecule has 5 nitrogen and oxygen atoms in total. The molecule has 0 unspecified atom stereocenters. The molecular weight excluding hydrogens is 264 g/mol. The van der Waals surface area contributed by atoms with Crippen molar-refractivity contribution in [1.29, 1.82) is 0 Å². The molecule has 1 aromatic carbocycles. The van der Waals surface area contributed by atoms with Gasteiger partial charge >= 0.3 is 0 Å². The maximum Gasteiger partial charge on any atom is 0.164 e. The molecule has 1 aliphatic carbocycles. The normalized spacial score (nSPS) is 16.0. The zero-order chi connectivity index (χ0) is 14.5. The van der Waals surface area contributed by atoms with Crippen molar-refractivity contribution in [2.24, 2.45) is 0 Å². The number of rotatable bonds is 5. The van der Waals surface area contributed by atoms with Gasteiger partial charge in [0.05, 0.1) is 6.61 Å². The highest BCUT2D eigenvalue weighted by molar-refractivity contribution is 5.60. The fourth-order valence-corrected chi connectivity index (χ4v) is 3.01. The molecule has 0 radical (unpaired) electrons. The average Bonchev–Trinajstić information content (AvgIpc) is 3.04. The summed E-state index contributed by atoms with van der Waals surface area (Å²) in [5.41, 5.74) is 2.10. The molecule has 112 valence electrons. The number of hydrogen-bond donors (Lipinski definition) is 2. The summed E-state index contributed by atoms with van der Waals surface area (Å²) in [7, 11) is 0. The highest BCUT2D eigenvalue weighted by Crippen LogP contribution is 2.31. The first-order valence-corrected chi connectivity index (χ1v) is 7.73. The average molecular weight is 286 g/mol. The molecule has 1 saturated carbocycles. The molecule has 0 saturated heterocycles. The second-order valence-corrected chi connectivity index (χ2v) is 5.58. The van der Waals surface area contributed by atoms with E-state index in [0.717, 1.165) is 17.1 Å². The van der Waals surface area contributed by atoms with Crippen LogP contribution in [0.2, 0.25) is 0 Å². The number of aliphatic hydroxyl groups excluding tert-OH is 1. The van der Waals surface area contributed by atoms with E-state index in [0.29, 0.717) is 12.6 Å². The minimum absolute atomic E-state index is 0.137. The Morgan fingerprint density at radius 2 is 1.90 bits per heavy atom. The van der Waals surface area contributed by atoms with Gasteiger partial charge in [-0.15, -0.1) is 10.2 Å². The molecule has 0 atom stereocenters. The van der Waals surface area contributed by atoms with Gasteiger partial charge in [-0.25, -0.2) is 0 Å². The lowest BCUT2D eigenvalue weighted by Crippen LogP contribution is -2.13. The Hall–Kier alpha value is -1.88. The topological polar surface area (TPSA) is 63.0 Å². The van der Waals surface area contributed by atoms with E-state index in [1.54, 1.807) is 0 Å². The van der Waals surface area contributed by atoms with Crippen LogP contribution in [0.25, 0.3) is 11.4 Å². The molecule has 2 N–H and O–H groups in total. The van der Waals surface area contributed by atoms with Gasteiger partial charge in [0, 0.05) is 23.8 Å². The molecule has 21 heavy (non-hydrogen) atoms. The minimum atomic E-state index is 0.137. The molecule has 0 bridgehead atoms. The van der Waals surface area contributed by atoms with Gasteiger partial charge in [-0.2, -0.15) is 0 Å². The van der Waals surface area contributed by atoms with Crippen LogP contribution in [-0.2, 0) is 0 Å². The SMILES string of the molecule is OCCNc1ccc(-c2nncn2C2CCCCC2)cc1. The summed E-state index contributed by atoms with van der Waals surface area (Å²) in [4.78, 5) is 0. The van der Waals surface area contributed by atoms with Crippen LogP contribution in [0.15, 0.2) is 30.6 Å². The van der Waals surface area contributed by atoms with Crippen LogP contribution < -0.4 is 5.32 Å².